The predicted molar refractivity (Wildman–Crippen MR) is 97.6 cm³/mol. The van der Waals surface area contributed by atoms with E-state index in [1.807, 2.05) is 24.3 Å². The molecule has 0 aromatic heterocycles. The van der Waals surface area contributed by atoms with Crippen molar-refractivity contribution < 1.29 is 0 Å². The second-order valence-corrected chi connectivity index (χ2v) is 6.77. The van der Waals surface area contributed by atoms with Crippen LogP contribution in [0.2, 0.25) is 0 Å². The molecule has 0 atom stereocenters. The van der Waals surface area contributed by atoms with Crippen LogP contribution in [0.5, 0.6) is 0 Å². The van der Waals surface area contributed by atoms with Crippen LogP contribution in [0, 0.1) is 11.3 Å². The summed E-state index contributed by atoms with van der Waals surface area (Å²) in [6.07, 6.45) is 1.96. The average Bonchev–Trinajstić information content (AvgIpc) is 2.60. The average molecular weight is 367 g/mol. The van der Waals surface area contributed by atoms with Crippen LogP contribution in [-0.2, 0) is 6.54 Å². The predicted octanol–water partition coefficient (Wildman–Crippen LogP) is 5.02. The van der Waals surface area contributed by atoms with Gasteiger partial charge in [0.1, 0.15) is 0 Å². The Kier molecular flexibility index (Phi) is 5.27. The minimum absolute atomic E-state index is 0.858. The largest absolute Gasteiger partial charge is 0.298 e. The number of nitrogens with zero attached hydrogens (tertiary/aromatic N) is 2. The molecule has 1 aliphatic rings. The summed E-state index contributed by atoms with van der Waals surface area (Å²) in [4.78, 5) is 2.47. The van der Waals surface area contributed by atoms with E-state index in [4.69, 9.17) is 0 Å². The molecule has 2 nitrogen and oxygen atoms in total. The van der Waals surface area contributed by atoms with E-state index < -0.39 is 0 Å². The zero-order valence-electron chi connectivity index (χ0n) is 13.0. The van der Waals surface area contributed by atoms with Crippen molar-refractivity contribution in [1.29, 1.82) is 5.26 Å². The summed E-state index contributed by atoms with van der Waals surface area (Å²) >= 11 is 3.45. The molecule has 0 amide bonds. The molecule has 0 saturated carbocycles. The van der Waals surface area contributed by atoms with Crippen LogP contribution in [0.15, 0.2) is 64.6 Å². The van der Waals surface area contributed by atoms with Gasteiger partial charge in [-0.15, -0.1) is 0 Å². The van der Waals surface area contributed by atoms with Crippen LogP contribution in [0.25, 0.3) is 5.57 Å². The molecule has 0 unspecified atom stereocenters. The second-order valence-electron chi connectivity index (χ2n) is 5.86. The maximum Gasteiger partial charge on any atom is 0.0997 e. The zero-order chi connectivity index (χ0) is 16.1. The molecule has 0 aliphatic carbocycles. The SMILES string of the molecule is N#CC(=C1CCN(Cc2ccccc2)CC1)c1ccc(Br)cc1. The summed E-state index contributed by atoms with van der Waals surface area (Å²) < 4.78 is 1.04. The van der Waals surface area contributed by atoms with Crippen LogP contribution < -0.4 is 0 Å². The van der Waals surface area contributed by atoms with Crippen LogP contribution in [-0.4, -0.2) is 18.0 Å². The van der Waals surface area contributed by atoms with Crippen molar-refractivity contribution >= 4 is 21.5 Å². The first-order valence-electron chi connectivity index (χ1n) is 7.90. The quantitative estimate of drug-likeness (QED) is 0.712. The molecule has 1 heterocycles. The Balaban J connectivity index is 1.69. The number of halogens is 1. The molecule has 1 aliphatic heterocycles. The third-order valence-electron chi connectivity index (χ3n) is 4.31. The molecular weight excluding hydrogens is 348 g/mol. The van der Waals surface area contributed by atoms with Crippen molar-refractivity contribution in [3.8, 4) is 6.07 Å². The fraction of sp³-hybridized carbons (Fsp3) is 0.250. The summed E-state index contributed by atoms with van der Waals surface area (Å²) in [7, 11) is 0. The van der Waals surface area contributed by atoms with Gasteiger partial charge in [0.2, 0.25) is 0 Å². The maximum atomic E-state index is 9.57. The van der Waals surface area contributed by atoms with Crippen LogP contribution in [0.4, 0.5) is 0 Å². The van der Waals surface area contributed by atoms with E-state index in [0.29, 0.717) is 0 Å². The lowest BCUT2D eigenvalue weighted by Crippen LogP contribution is -2.30. The molecule has 3 rings (SSSR count). The molecule has 116 valence electrons. The number of hydrogen-bond acceptors (Lipinski definition) is 2. The van der Waals surface area contributed by atoms with Crippen molar-refractivity contribution in [1.82, 2.24) is 4.90 Å². The molecule has 1 fully saturated rings. The van der Waals surface area contributed by atoms with E-state index in [0.717, 1.165) is 48.1 Å². The minimum atomic E-state index is 0.858. The fourth-order valence-electron chi connectivity index (χ4n) is 3.04. The number of allylic oxidation sites excluding steroid dienone is 1. The number of rotatable bonds is 3. The molecule has 0 radical (unpaired) electrons. The first-order chi connectivity index (χ1) is 11.3. The van der Waals surface area contributed by atoms with Crippen molar-refractivity contribution in [3.05, 3.63) is 75.8 Å². The molecule has 23 heavy (non-hydrogen) atoms. The Morgan fingerprint density at radius 1 is 1.00 bits per heavy atom. The molecule has 3 heteroatoms. The van der Waals surface area contributed by atoms with Gasteiger partial charge in [0.25, 0.3) is 0 Å². The highest BCUT2D eigenvalue weighted by atomic mass is 79.9. The van der Waals surface area contributed by atoms with Gasteiger partial charge in [0.05, 0.1) is 11.6 Å². The topological polar surface area (TPSA) is 27.0 Å². The van der Waals surface area contributed by atoms with Gasteiger partial charge in [-0.05, 0) is 41.7 Å². The highest BCUT2D eigenvalue weighted by molar-refractivity contribution is 9.10. The third kappa shape index (κ3) is 4.10. The van der Waals surface area contributed by atoms with E-state index in [2.05, 4.69) is 57.2 Å². The number of hydrogen-bond donors (Lipinski definition) is 0. The lowest BCUT2D eigenvalue weighted by Gasteiger charge is -2.29. The van der Waals surface area contributed by atoms with Crippen molar-refractivity contribution in [2.24, 2.45) is 0 Å². The Bertz CT molecular complexity index is 716. The first-order valence-corrected chi connectivity index (χ1v) is 8.70. The Labute approximate surface area is 146 Å². The van der Waals surface area contributed by atoms with Crippen LogP contribution in [0.3, 0.4) is 0 Å². The van der Waals surface area contributed by atoms with Gasteiger partial charge < -0.3 is 0 Å². The van der Waals surface area contributed by atoms with Gasteiger partial charge in [0.15, 0.2) is 0 Å². The monoisotopic (exact) mass is 366 g/mol. The lowest BCUT2D eigenvalue weighted by molar-refractivity contribution is 0.249. The van der Waals surface area contributed by atoms with E-state index in [1.54, 1.807) is 0 Å². The van der Waals surface area contributed by atoms with Gasteiger partial charge in [-0.25, -0.2) is 0 Å². The van der Waals surface area contributed by atoms with E-state index in [1.165, 1.54) is 11.1 Å². The number of likely N-dealkylation sites (tertiary alicyclic amines) is 1. The van der Waals surface area contributed by atoms with E-state index >= 15 is 0 Å². The first kappa shape index (κ1) is 16.0. The summed E-state index contributed by atoms with van der Waals surface area (Å²) in [6, 6.07) is 21.0. The molecule has 2 aromatic rings. The summed E-state index contributed by atoms with van der Waals surface area (Å²) in [5.74, 6) is 0. The lowest BCUT2D eigenvalue weighted by atomic mass is 9.94. The molecule has 1 saturated heterocycles. The highest BCUT2D eigenvalue weighted by Gasteiger charge is 2.18. The Hall–Kier alpha value is -1.89. The molecule has 0 spiro atoms. The van der Waals surface area contributed by atoms with Crippen LogP contribution >= 0.6 is 15.9 Å². The summed E-state index contributed by atoms with van der Waals surface area (Å²) in [5.41, 5.74) is 4.53. The van der Waals surface area contributed by atoms with Gasteiger partial charge in [-0.1, -0.05) is 58.4 Å². The van der Waals surface area contributed by atoms with E-state index in [-0.39, 0.29) is 0 Å². The van der Waals surface area contributed by atoms with E-state index in [9.17, 15) is 5.26 Å². The van der Waals surface area contributed by atoms with Gasteiger partial charge in [-0.2, -0.15) is 5.26 Å². The smallest absolute Gasteiger partial charge is 0.0997 e. The van der Waals surface area contributed by atoms with Crippen molar-refractivity contribution in [2.45, 2.75) is 19.4 Å². The fourth-order valence-corrected chi connectivity index (χ4v) is 3.30. The second kappa shape index (κ2) is 7.59. The number of benzene rings is 2. The standard InChI is InChI=1S/C20H19BrN2/c21-19-8-6-17(7-9-19)20(14-22)18-10-12-23(13-11-18)15-16-4-2-1-3-5-16/h1-9H,10-13,15H2. The van der Waals surface area contributed by atoms with Crippen molar-refractivity contribution in [3.63, 3.8) is 0 Å². The van der Waals surface area contributed by atoms with Crippen LogP contribution in [0.1, 0.15) is 24.0 Å². The Morgan fingerprint density at radius 2 is 1.65 bits per heavy atom. The van der Waals surface area contributed by atoms with Gasteiger partial charge in [-0.3, -0.25) is 4.90 Å². The summed E-state index contributed by atoms with van der Waals surface area (Å²) in [5, 5.41) is 9.57. The number of piperidine rings is 1. The summed E-state index contributed by atoms with van der Waals surface area (Å²) in [6.45, 7) is 3.03. The molecular formula is C20H19BrN2. The van der Waals surface area contributed by atoms with Crippen molar-refractivity contribution in [2.75, 3.05) is 13.1 Å². The normalized spacial score (nSPS) is 15.2. The molecule has 0 N–H and O–H groups in total. The number of nitriles is 1. The molecule has 0 bridgehead atoms. The zero-order valence-corrected chi connectivity index (χ0v) is 14.6. The van der Waals surface area contributed by atoms with Gasteiger partial charge >= 0.3 is 0 Å². The third-order valence-corrected chi connectivity index (χ3v) is 4.84. The van der Waals surface area contributed by atoms with Gasteiger partial charge in [0, 0.05) is 24.1 Å². The minimum Gasteiger partial charge on any atom is -0.298 e. The molecule has 2 aromatic carbocycles. The highest BCUT2D eigenvalue weighted by Crippen LogP contribution is 2.27. The Morgan fingerprint density at radius 3 is 2.26 bits per heavy atom. The maximum absolute atomic E-state index is 9.57.